The van der Waals surface area contributed by atoms with Gasteiger partial charge in [-0.05, 0) is 53.1 Å². The molecule has 0 N–H and O–H groups in total. The Bertz CT molecular complexity index is 1360. The Morgan fingerprint density at radius 2 is 1.72 bits per heavy atom. The molecule has 0 saturated heterocycles. The summed E-state index contributed by atoms with van der Waals surface area (Å²) < 4.78 is 3.92. The largest absolute Gasteiger partial charge is 0.308 e. The van der Waals surface area contributed by atoms with E-state index in [0.717, 1.165) is 52.5 Å². The molecule has 32 heavy (non-hydrogen) atoms. The van der Waals surface area contributed by atoms with Crippen LogP contribution in [0.1, 0.15) is 29.6 Å². The predicted octanol–water partition coefficient (Wildman–Crippen LogP) is 3.92. The molecular formula is C24H23KN7. The molecule has 3 heterocycles. The minimum atomic E-state index is 0. The predicted molar refractivity (Wildman–Crippen MR) is 126 cm³/mol. The van der Waals surface area contributed by atoms with Crippen LogP contribution >= 0.6 is 0 Å². The molecule has 0 spiro atoms. The smallest absolute Gasteiger partial charge is 0.160 e. The zero-order valence-corrected chi connectivity index (χ0v) is 21.9. The van der Waals surface area contributed by atoms with E-state index in [4.69, 9.17) is 9.97 Å². The second kappa shape index (κ2) is 9.72. The van der Waals surface area contributed by atoms with Crippen molar-refractivity contribution in [2.75, 3.05) is 0 Å². The Kier molecular flexibility index (Phi) is 6.97. The molecule has 5 rings (SSSR count). The van der Waals surface area contributed by atoms with E-state index in [2.05, 4.69) is 70.3 Å². The maximum Gasteiger partial charge on any atom is 0.160 e. The van der Waals surface area contributed by atoms with E-state index in [0.29, 0.717) is 0 Å². The number of nitrogens with zero attached hydrogens (tertiary/aromatic N) is 7. The van der Waals surface area contributed by atoms with Crippen molar-refractivity contribution in [1.29, 1.82) is 0 Å². The third kappa shape index (κ3) is 4.33. The van der Waals surface area contributed by atoms with Gasteiger partial charge in [0.1, 0.15) is 17.7 Å². The Morgan fingerprint density at radius 1 is 0.938 bits per heavy atom. The molecule has 0 aliphatic carbocycles. The van der Waals surface area contributed by atoms with Crippen molar-refractivity contribution in [3.05, 3.63) is 83.6 Å². The molecule has 0 atom stereocenters. The van der Waals surface area contributed by atoms with Crippen LogP contribution in [0.2, 0.25) is 0 Å². The van der Waals surface area contributed by atoms with E-state index < -0.39 is 0 Å². The Hall–Kier alpha value is -2.23. The molecule has 0 unspecified atom stereocenters. The number of tetrazole rings is 1. The summed E-state index contributed by atoms with van der Waals surface area (Å²) in [5, 5.41) is 11.6. The van der Waals surface area contributed by atoms with Gasteiger partial charge in [0, 0.05) is 69.1 Å². The molecule has 3 aromatic heterocycles. The zero-order valence-electron chi connectivity index (χ0n) is 18.8. The van der Waals surface area contributed by atoms with Gasteiger partial charge in [0.2, 0.25) is 0 Å². The summed E-state index contributed by atoms with van der Waals surface area (Å²) in [4.78, 5) is 9.64. The van der Waals surface area contributed by atoms with Gasteiger partial charge in [-0.2, -0.15) is 4.68 Å². The van der Waals surface area contributed by atoms with Crippen LogP contribution in [-0.4, -0.2) is 86.1 Å². The molecule has 0 saturated carbocycles. The van der Waals surface area contributed by atoms with E-state index in [1.54, 1.807) is 11.0 Å². The maximum atomic E-state index is 4.85. The normalized spacial score (nSPS) is 11.0. The number of pyridine rings is 1. The van der Waals surface area contributed by atoms with Crippen molar-refractivity contribution in [1.82, 2.24) is 34.7 Å². The number of hydrogen-bond donors (Lipinski definition) is 0. The van der Waals surface area contributed by atoms with E-state index in [-0.39, 0.29) is 51.4 Å². The molecule has 2 aromatic carbocycles. The summed E-state index contributed by atoms with van der Waals surface area (Å²) >= 11 is 0. The number of imidazole rings is 1. The molecule has 7 nitrogen and oxygen atoms in total. The number of aromatic nitrogens is 7. The first-order chi connectivity index (χ1) is 15.1. The second-order valence-electron chi connectivity index (χ2n) is 7.69. The zero-order chi connectivity index (χ0) is 21.4. The van der Waals surface area contributed by atoms with Crippen molar-refractivity contribution in [2.45, 2.75) is 33.7 Å². The first-order valence-corrected chi connectivity index (χ1v) is 10.4. The van der Waals surface area contributed by atoms with Gasteiger partial charge in [-0.25, -0.2) is 9.97 Å². The van der Waals surface area contributed by atoms with Gasteiger partial charge in [0.15, 0.2) is 5.65 Å². The number of rotatable bonds is 5. The molecule has 0 aliphatic rings. The molecule has 8 heteroatoms. The molecule has 5 aromatic rings. The van der Waals surface area contributed by atoms with Gasteiger partial charge in [0.25, 0.3) is 0 Å². The summed E-state index contributed by atoms with van der Waals surface area (Å²) in [5.41, 5.74) is 8.50. The minimum absolute atomic E-state index is 0. The van der Waals surface area contributed by atoms with Crippen molar-refractivity contribution in [3.63, 3.8) is 0 Å². The average molecular weight is 449 g/mol. The number of para-hydroxylation sites is 1. The third-order valence-electron chi connectivity index (χ3n) is 5.52. The molecule has 155 valence electrons. The maximum absolute atomic E-state index is 4.85. The van der Waals surface area contributed by atoms with E-state index in [1.165, 1.54) is 11.1 Å². The molecule has 0 bridgehead atoms. The van der Waals surface area contributed by atoms with Crippen LogP contribution in [0, 0.1) is 13.8 Å². The number of aryl methyl sites for hydroxylation is 3. The first-order valence-electron chi connectivity index (χ1n) is 10.4. The van der Waals surface area contributed by atoms with E-state index in [1.807, 2.05) is 25.1 Å². The van der Waals surface area contributed by atoms with Gasteiger partial charge in [0.05, 0.1) is 12.2 Å². The Labute approximate surface area is 229 Å². The summed E-state index contributed by atoms with van der Waals surface area (Å²) in [6.45, 7) is 7.01. The molecule has 0 amide bonds. The number of hydrogen-bond acceptors (Lipinski definition) is 5. The molecule has 1 radical (unpaired) electrons. The monoisotopic (exact) mass is 448 g/mol. The van der Waals surface area contributed by atoms with Gasteiger partial charge in [-0.1, -0.05) is 49.4 Å². The summed E-state index contributed by atoms with van der Waals surface area (Å²) in [7, 11) is 0. The summed E-state index contributed by atoms with van der Waals surface area (Å²) in [5.74, 6) is 1.06. The fourth-order valence-corrected chi connectivity index (χ4v) is 4.05. The van der Waals surface area contributed by atoms with E-state index >= 15 is 0 Å². The van der Waals surface area contributed by atoms with Crippen molar-refractivity contribution < 1.29 is 0 Å². The van der Waals surface area contributed by atoms with Crippen LogP contribution < -0.4 is 0 Å². The van der Waals surface area contributed by atoms with E-state index in [9.17, 15) is 0 Å². The average Bonchev–Trinajstić information content (AvgIpc) is 3.43. The standard InChI is InChI=1S/C24H23N7.K/c1-4-22-27-23-16(2)13-17(3)26-24(23)30(22)14-18-9-11-19(12-10-18)20-7-5-6-8-21(20)31-15-25-28-29-31;/h5-13,15H,4,14H2,1-3H3;. The van der Waals surface area contributed by atoms with Gasteiger partial charge < -0.3 is 4.57 Å². The molecule has 0 aliphatic heterocycles. The van der Waals surface area contributed by atoms with Crippen LogP contribution in [0.15, 0.2) is 60.9 Å². The Balaban J connectivity index is 0.00000245. The van der Waals surface area contributed by atoms with Crippen LogP contribution in [0.5, 0.6) is 0 Å². The van der Waals surface area contributed by atoms with Crippen LogP contribution in [0.25, 0.3) is 28.0 Å². The van der Waals surface area contributed by atoms with Gasteiger partial charge >= 0.3 is 0 Å². The van der Waals surface area contributed by atoms with Crippen molar-refractivity contribution in [2.24, 2.45) is 0 Å². The third-order valence-corrected chi connectivity index (χ3v) is 5.52. The van der Waals surface area contributed by atoms with Crippen LogP contribution in [0.3, 0.4) is 0 Å². The summed E-state index contributed by atoms with van der Waals surface area (Å²) in [6, 6.07) is 18.8. The number of fused-ring (bicyclic) bond motifs is 1. The first kappa shape index (κ1) is 22.9. The minimum Gasteiger partial charge on any atom is -0.308 e. The van der Waals surface area contributed by atoms with Crippen LogP contribution in [-0.2, 0) is 13.0 Å². The fraction of sp³-hybridized carbons (Fsp3) is 0.208. The molecular weight excluding hydrogens is 425 g/mol. The van der Waals surface area contributed by atoms with Crippen molar-refractivity contribution >= 4 is 62.5 Å². The second-order valence-corrected chi connectivity index (χ2v) is 7.69. The quantitative estimate of drug-likeness (QED) is 0.381. The Morgan fingerprint density at radius 3 is 2.44 bits per heavy atom. The molecule has 0 fully saturated rings. The summed E-state index contributed by atoms with van der Waals surface area (Å²) in [6.07, 6.45) is 2.48. The topological polar surface area (TPSA) is 74.3 Å². The van der Waals surface area contributed by atoms with Crippen LogP contribution in [0.4, 0.5) is 0 Å². The fourth-order valence-electron chi connectivity index (χ4n) is 4.05. The SMILES string of the molecule is CCc1nc2c(C)cc(C)nc2n1Cc1ccc(-c2ccccc2-n2cnnn2)cc1.[K]. The number of benzene rings is 2. The van der Waals surface area contributed by atoms with Gasteiger partial charge in [-0.3, -0.25) is 0 Å². The van der Waals surface area contributed by atoms with Gasteiger partial charge in [-0.15, -0.1) is 5.10 Å². The van der Waals surface area contributed by atoms with Crippen molar-refractivity contribution in [3.8, 4) is 16.8 Å².